The number of anilines is 1. The number of nitriles is 1. The number of pyridine rings is 1. The fourth-order valence-electron chi connectivity index (χ4n) is 2.69. The van der Waals surface area contributed by atoms with Crippen molar-refractivity contribution in [1.82, 2.24) is 15.2 Å². The van der Waals surface area contributed by atoms with Crippen LogP contribution in [0, 0.1) is 18.3 Å². The van der Waals surface area contributed by atoms with E-state index in [2.05, 4.69) is 21.3 Å². The third kappa shape index (κ3) is 2.08. The van der Waals surface area contributed by atoms with Crippen LogP contribution in [0.2, 0.25) is 0 Å². The van der Waals surface area contributed by atoms with Crippen molar-refractivity contribution in [2.45, 2.75) is 13.0 Å². The molecule has 0 saturated carbocycles. The van der Waals surface area contributed by atoms with E-state index in [1.165, 1.54) is 0 Å². The summed E-state index contributed by atoms with van der Waals surface area (Å²) in [6.45, 7) is 4.80. The first-order valence-electron chi connectivity index (χ1n) is 6.35. The Kier molecular flexibility index (Phi) is 2.75. The maximum Gasteiger partial charge on any atom is 0.317 e. The Bertz CT molecular complexity index is 565. The van der Waals surface area contributed by atoms with Gasteiger partial charge >= 0.3 is 6.03 Å². The van der Waals surface area contributed by atoms with Crippen LogP contribution in [0.3, 0.4) is 0 Å². The molecule has 3 heterocycles. The summed E-state index contributed by atoms with van der Waals surface area (Å²) >= 11 is 0. The summed E-state index contributed by atoms with van der Waals surface area (Å²) in [5.41, 5.74) is 1.47. The van der Waals surface area contributed by atoms with Gasteiger partial charge in [-0.05, 0) is 19.1 Å². The van der Waals surface area contributed by atoms with E-state index in [9.17, 15) is 4.79 Å². The third-order valence-electron chi connectivity index (χ3n) is 3.63. The molecule has 1 aromatic heterocycles. The number of carbonyl (C=O) groups excluding carboxylic acids is 1. The predicted octanol–water partition coefficient (Wildman–Crippen LogP) is 0.475. The molecule has 0 aromatic carbocycles. The van der Waals surface area contributed by atoms with Crippen molar-refractivity contribution >= 4 is 11.8 Å². The zero-order valence-corrected chi connectivity index (χ0v) is 10.8. The van der Waals surface area contributed by atoms with E-state index in [0.29, 0.717) is 18.7 Å². The van der Waals surface area contributed by atoms with E-state index in [-0.39, 0.29) is 12.1 Å². The van der Waals surface area contributed by atoms with Crippen molar-refractivity contribution in [3.8, 4) is 6.07 Å². The predicted molar refractivity (Wildman–Crippen MR) is 69.8 cm³/mol. The zero-order valence-electron chi connectivity index (χ0n) is 10.8. The molecular formula is C13H15N5O. The van der Waals surface area contributed by atoms with Gasteiger partial charge in [-0.15, -0.1) is 0 Å². The fraction of sp³-hybridized carbons (Fsp3) is 0.462. The molecule has 1 unspecified atom stereocenters. The maximum absolute atomic E-state index is 11.5. The Morgan fingerprint density at radius 2 is 2.32 bits per heavy atom. The molecule has 0 bridgehead atoms. The maximum atomic E-state index is 11.5. The van der Waals surface area contributed by atoms with E-state index in [1.54, 1.807) is 6.07 Å². The smallest absolute Gasteiger partial charge is 0.317 e. The number of amides is 2. The number of fused-ring (bicyclic) bond motifs is 1. The molecule has 2 fully saturated rings. The van der Waals surface area contributed by atoms with Crippen LogP contribution in [0.5, 0.6) is 0 Å². The molecule has 1 N–H and O–H groups in total. The van der Waals surface area contributed by atoms with Gasteiger partial charge < -0.3 is 15.1 Å². The first-order valence-corrected chi connectivity index (χ1v) is 6.35. The van der Waals surface area contributed by atoms with Gasteiger partial charge in [0.1, 0.15) is 5.82 Å². The molecular weight excluding hydrogens is 242 g/mol. The Morgan fingerprint density at radius 3 is 3.11 bits per heavy atom. The first-order chi connectivity index (χ1) is 9.17. The van der Waals surface area contributed by atoms with E-state index >= 15 is 0 Å². The number of rotatable bonds is 1. The largest absolute Gasteiger partial charge is 0.353 e. The van der Waals surface area contributed by atoms with Crippen LogP contribution in [0.25, 0.3) is 0 Å². The van der Waals surface area contributed by atoms with Gasteiger partial charge in [0.25, 0.3) is 0 Å². The van der Waals surface area contributed by atoms with Crippen molar-refractivity contribution < 1.29 is 4.79 Å². The average Bonchev–Trinajstić information content (AvgIpc) is 2.79. The van der Waals surface area contributed by atoms with Gasteiger partial charge in [0.15, 0.2) is 0 Å². The van der Waals surface area contributed by atoms with Crippen molar-refractivity contribution in [3.63, 3.8) is 0 Å². The Labute approximate surface area is 111 Å². The van der Waals surface area contributed by atoms with Crippen molar-refractivity contribution in [1.29, 1.82) is 5.26 Å². The number of carbonyl (C=O) groups is 1. The molecule has 2 saturated heterocycles. The van der Waals surface area contributed by atoms with Crippen LogP contribution >= 0.6 is 0 Å². The summed E-state index contributed by atoms with van der Waals surface area (Å²) in [6.07, 6.45) is 0. The molecule has 2 amide bonds. The summed E-state index contributed by atoms with van der Waals surface area (Å²) in [4.78, 5) is 20.1. The third-order valence-corrected chi connectivity index (χ3v) is 3.63. The lowest BCUT2D eigenvalue weighted by Gasteiger charge is -2.37. The molecule has 2 aliphatic heterocycles. The molecule has 1 atom stereocenters. The molecule has 2 aliphatic rings. The molecule has 3 rings (SSSR count). The van der Waals surface area contributed by atoms with Crippen molar-refractivity contribution in [2.75, 3.05) is 31.1 Å². The summed E-state index contributed by atoms with van der Waals surface area (Å²) in [7, 11) is 0. The van der Waals surface area contributed by atoms with Crippen LogP contribution in [-0.4, -0.2) is 48.1 Å². The van der Waals surface area contributed by atoms with Crippen LogP contribution in [0.4, 0.5) is 10.6 Å². The molecule has 1 aromatic rings. The highest BCUT2D eigenvalue weighted by Gasteiger charge is 2.35. The number of aromatic nitrogens is 1. The molecule has 6 nitrogen and oxygen atoms in total. The monoisotopic (exact) mass is 257 g/mol. The van der Waals surface area contributed by atoms with Crippen LogP contribution in [-0.2, 0) is 0 Å². The highest BCUT2D eigenvalue weighted by Crippen LogP contribution is 2.21. The average molecular weight is 257 g/mol. The SMILES string of the molecule is Cc1cc(C#N)cc(N2CCN3C(=O)NCC3C2)n1. The molecule has 98 valence electrons. The summed E-state index contributed by atoms with van der Waals surface area (Å²) in [5, 5.41) is 11.9. The topological polar surface area (TPSA) is 72.3 Å². The van der Waals surface area contributed by atoms with Gasteiger partial charge in [-0.2, -0.15) is 5.26 Å². The second-order valence-electron chi connectivity index (χ2n) is 4.95. The van der Waals surface area contributed by atoms with Gasteiger partial charge in [0.05, 0.1) is 17.7 Å². The van der Waals surface area contributed by atoms with Crippen LogP contribution in [0.1, 0.15) is 11.3 Å². The second-order valence-corrected chi connectivity index (χ2v) is 4.95. The number of piperazine rings is 1. The number of aryl methyl sites for hydroxylation is 1. The number of hydrogen-bond acceptors (Lipinski definition) is 4. The van der Waals surface area contributed by atoms with Gasteiger partial charge in [0, 0.05) is 31.9 Å². The van der Waals surface area contributed by atoms with Crippen molar-refractivity contribution in [2.24, 2.45) is 0 Å². The number of urea groups is 1. The minimum absolute atomic E-state index is 0.0274. The molecule has 19 heavy (non-hydrogen) atoms. The Morgan fingerprint density at radius 1 is 1.47 bits per heavy atom. The summed E-state index contributed by atoms with van der Waals surface area (Å²) in [6, 6.07) is 5.98. The van der Waals surface area contributed by atoms with Crippen LogP contribution < -0.4 is 10.2 Å². The van der Waals surface area contributed by atoms with E-state index in [1.807, 2.05) is 17.9 Å². The molecule has 0 aliphatic carbocycles. The second kappa shape index (κ2) is 4.43. The Hall–Kier alpha value is -2.29. The number of hydrogen-bond donors (Lipinski definition) is 1. The van der Waals surface area contributed by atoms with Crippen LogP contribution in [0.15, 0.2) is 12.1 Å². The molecule has 0 spiro atoms. The van der Waals surface area contributed by atoms with Gasteiger partial charge in [-0.25, -0.2) is 9.78 Å². The normalized spacial score (nSPS) is 21.9. The van der Waals surface area contributed by atoms with E-state index in [4.69, 9.17) is 5.26 Å². The highest BCUT2D eigenvalue weighted by molar-refractivity contribution is 5.77. The summed E-state index contributed by atoms with van der Waals surface area (Å²) < 4.78 is 0. The van der Waals surface area contributed by atoms with Gasteiger partial charge in [0.2, 0.25) is 0 Å². The minimum atomic E-state index is 0.0274. The fourth-order valence-corrected chi connectivity index (χ4v) is 2.69. The van der Waals surface area contributed by atoms with Crippen molar-refractivity contribution in [3.05, 3.63) is 23.4 Å². The quantitative estimate of drug-likeness (QED) is 0.794. The lowest BCUT2D eigenvalue weighted by atomic mass is 10.1. The number of nitrogens with zero attached hydrogens (tertiary/aromatic N) is 4. The van der Waals surface area contributed by atoms with E-state index < -0.39 is 0 Å². The molecule has 0 radical (unpaired) electrons. The lowest BCUT2D eigenvalue weighted by molar-refractivity contribution is 0.197. The first kappa shape index (κ1) is 11.8. The van der Waals surface area contributed by atoms with E-state index in [0.717, 1.165) is 24.6 Å². The summed E-state index contributed by atoms with van der Waals surface area (Å²) in [5.74, 6) is 0.829. The highest BCUT2D eigenvalue weighted by atomic mass is 16.2. The Balaban J connectivity index is 1.83. The minimum Gasteiger partial charge on any atom is -0.353 e. The zero-order chi connectivity index (χ0) is 13.4. The number of nitrogens with one attached hydrogen (secondary N) is 1. The van der Waals surface area contributed by atoms with Gasteiger partial charge in [-0.3, -0.25) is 0 Å². The standard InChI is InChI=1S/C13H15N5O/c1-9-4-10(6-14)5-12(16-9)17-2-3-18-11(8-17)7-15-13(18)19/h4-5,11H,2-3,7-8H2,1H3,(H,15,19). The molecule has 6 heteroatoms. The van der Waals surface area contributed by atoms with Gasteiger partial charge in [-0.1, -0.05) is 0 Å². The lowest BCUT2D eigenvalue weighted by Crippen LogP contribution is -2.52.